The van der Waals surface area contributed by atoms with Crippen LogP contribution in [-0.2, 0) is 21.3 Å². The molecule has 1 unspecified atom stereocenters. The van der Waals surface area contributed by atoms with E-state index in [0.29, 0.717) is 12.1 Å². The van der Waals surface area contributed by atoms with E-state index in [1.807, 2.05) is 32.3 Å². The molecule has 1 atom stereocenters. The SMILES string of the molecule is CCn1c(C)cc(C(=O)COC(=O)c2ccc(S(=O)(=O)N3CCCCC3C)cc2)c1C. The number of benzene rings is 1. The molecule has 31 heavy (non-hydrogen) atoms. The van der Waals surface area contributed by atoms with E-state index >= 15 is 0 Å². The summed E-state index contributed by atoms with van der Waals surface area (Å²) in [6, 6.07) is 7.46. The lowest BCUT2D eigenvalue weighted by Gasteiger charge is -2.32. The molecule has 1 aliphatic heterocycles. The summed E-state index contributed by atoms with van der Waals surface area (Å²) < 4.78 is 34.5. The second-order valence-electron chi connectivity index (χ2n) is 8.01. The van der Waals surface area contributed by atoms with Gasteiger partial charge in [-0.15, -0.1) is 0 Å². The van der Waals surface area contributed by atoms with Gasteiger partial charge >= 0.3 is 5.97 Å². The molecule has 8 heteroatoms. The molecule has 0 spiro atoms. The summed E-state index contributed by atoms with van der Waals surface area (Å²) in [5, 5.41) is 0. The van der Waals surface area contributed by atoms with Crippen LogP contribution >= 0.6 is 0 Å². The first-order chi connectivity index (χ1) is 14.7. The molecule has 0 N–H and O–H groups in total. The fraction of sp³-hybridized carbons (Fsp3) is 0.478. The number of carbonyl (C=O) groups is 2. The normalized spacial score (nSPS) is 17.5. The lowest BCUT2D eigenvalue weighted by atomic mass is 10.1. The van der Waals surface area contributed by atoms with Crippen molar-refractivity contribution < 1.29 is 22.7 Å². The highest BCUT2D eigenvalue weighted by Gasteiger charge is 2.31. The Labute approximate surface area is 184 Å². The number of Topliss-reactive ketones (excluding diaryl/α,β-unsaturated/α-hetero) is 1. The number of aromatic nitrogens is 1. The van der Waals surface area contributed by atoms with Crippen LogP contribution in [0.2, 0.25) is 0 Å². The molecule has 168 valence electrons. The fourth-order valence-electron chi connectivity index (χ4n) is 4.19. The van der Waals surface area contributed by atoms with Crippen LogP contribution in [0.25, 0.3) is 0 Å². The minimum atomic E-state index is -3.60. The average molecular weight is 447 g/mol. The summed E-state index contributed by atoms with van der Waals surface area (Å²) in [5.41, 5.74) is 2.58. The maximum Gasteiger partial charge on any atom is 0.338 e. The Kier molecular flexibility index (Phi) is 7.01. The highest BCUT2D eigenvalue weighted by molar-refractivity contribution is 7.89. The molecule has 7 nitrogen and oxygen atoms in total. The molecule has 0 aliphatic carbocycles. The zero-order valence-electron chi connectivity index (χ0n) is 18.6. The van der Waals surface area contributed by atoms with Gasteiger partial charge in [-0.25, -0.2) is 13.2 Å². The predicted molar refractivity (Wildman–Crippen MR) is 118 cm³/mol. The average Bonchev–Trinajstić information content (AvgIpc) is 3.05. The van der Waals surface area contributed by atoms with Gasteiger partial charge in [0.2, 0.25) is 15.8 Å². The van der Waals surface area contributed by atoms with Gasteiger partial charge in [0.25, 0.3) is 0 Å². The number of esters is 1. The summed E-state index contributed by atoms with van der Waals surface area (Å²) >= 11 is 0. The van der Waals surface area contributed by atoms with E-state index in [0.717, 1.165) is 37.2 Å². The molecule has 0 radical (unpaired) electrons. The summed E-state index contributed by atoms with van der Waals surface area (Å²) in [6.07, 6.45) is 2.72. The van der Waals surface area contributed by atoms with E-state index in [-0.39, 0.29) is 28.9 Å². The van der Waals surface area contributed by atoms with Crippen molar-refractivity contribution in [1.82, 2.24) is 8.87 Å². The monoisotopic (exact) mass is 446 g/mol. The van der Waals surface area contributed by atoms with Gasteiger partial charge in [0.1, 0.15) is 0 Å². The number of sulfonamides is 1. The number of piperidine rings is 1. The number of rotatable bonds is 7. The highest BCUT2D eigenvalue weighted by atomic mass is 32.2. The smallest absolute Gasteiger partial charge is 0.338 e. The first-order valence-corrected chi connectivity index (χ1v) is 12.1. The van der Waals surface area contributed by atoms with Crippen LogP contribution in [0.3, 0.4) is 0 Å². The van der Waals surface area contributed by atoms with Crippen molar-refractivity contribution >= 4 is 21.8 Å². The molecular weight excluding hydrogens is 416 g/mol. The van der Waals surface area contributed by atoms with Crippen molar-refractivity contribution in [2.75, 3.05) is 13.2 Å². The van der Waals surface area contributed by atoms with Gasteiger partial charge in [-0.05, 0) is 70.9 Å². The summed E-state index contributed by atoms with van der Waals surface area (Å²) in [5.74, 6) is -0.924. The van der Waals surface area contributed by atoms with E-state index in [2.05, 4.69) is 0 Å². The van der Waals surface area contributed by atoms with E-state index in [4.69, 9.17) is 4.74 Å². The van der Waals surface area contributed by atoms with Crippen molar-refractivity contribution in [1.29, 1.82) is 0 Å². The summed E-state index contributed by atoms with van der Waals surface area (Å²) in [7, 11) is -3.60. The number of nitrogens with zero attached hydrogens (tertiary/aromatic N) is 2. The zero-order valence-corrected chi connectivity index (χ0v) is 19.4. The lowest BCUT2D eigenvalue weighted by molar-refractivity contribution is 0.0474. The van der Waals surface area contributed by atoms with E-state index < -0.39 is 16.0 Å². The molecule has 2 heterocycles. The van der Waals surface area contributed by atoms with Gasteiger partial charge in [0, 0.05) is 36.1 Å². The Morgan fingerprint density at radius 3 is 2.39 bits per heavy atom. The summed E-state index contributed by atoms with van der Waals surface area (Å²) in [6.45, 7) is 8.62. The lowest BCUT2D eigenvalue weighted by Crippen LogP contribution is -2.41. The van der Waals surface area contributed by atoms with Crippen LogP contribution in [0.5, 0.6) is 0 Å². The van der Waals surface area contributed by atoms with Crippen molar-refractivity contribution in [3.63, 3.8) is 0 Å². The molecule has 1 aliphatic rings. The minimum absolute atomic E-state index is 0.0379. The fourth-order valence-corrected chi connectivity index (χ4v) is 5.89. The molecule has 0 bridgehead atoms. The molecule has 1 saturated heterocycles. The third-order valence-corrected chi connectivity index (χ3v) is 7.99. The van der Waals surface area contributed by atoms with Gasteiger partial charge in [0.15, 0.2) is 6.61 Å². The molecular formula is C23H30N2O5S. The van der Waals surface area contributed by atoms with Gasteiger partial charge in [0.05, 0.1) is 10.5 Å². The van der Waals surface area contributed by atoms with Crippen LogP contribution in [-0.4, -0.2) is 48.2 Å². The predicted octanol–water partition coefficient (Wildman–Crippen LogP) is 3.73. The third kappa shape index (κ3) is 4.75. The number of ether oxygens (including phenoxy) is 1. The Balaban J connectivity index is 1.66. The quantitative estimate of drug-likeness (QED) is 0.478. The van der Waals surface area contributed by atoms with Crippen LogP contribution < -0.4 is 0 Å². The van der Waals surface area contributed by atoms with Crippen molar-refractivity contribution in [3.05, 3.63) is 52.8 Å². The molecule has 3 rings (SSSR count). The molecule has 0 saturated carbocycles. The van der Waals surface area contributed by atoms with E-state index in [1.165, 1.54) is 28.6 Å². The standard InChI is InChI=1S/C23H30N2O5S/c1-5-24-17(3)14-21(18(24)4)22(26)15-30-23(27)19-9-11-20(12-10-19)31(28,29)25-13-7-6-8-16(25)2/h9-12,14,16H,5-8,13,15H2,1-4H3. The molecule has 2 aromatic rings. The van der Waals surface area contributed by atoms with Gasteiger partial charge in [-0.1, -0.05) is 6.42 Å². The number of carbonyl (C=O) groups excluding carboxylic acids is 2. The maximum atomic E-state index is 12.9. The van der Waals surface area contributed by atoms with Crippen LogP contribution in [0.15, 0.2) is 35.2 Å². The Hall–Kier alpha value is -2.45. The van der Waals surface area contributed by atoms with Gasteiger partial charge in [-0.2, -0.15) is 4.31 Å². The molecule has 1 aromatic heterocycles. The Morgan fingerprint density at radius 2 is 1.81 bits per heavy atom. The van der Waals surface area contributed by atoms with Crippen LogP contribution in [0, 0.1) is 13.8 Å². The number of aryl methyl sites for hydroxylation is 1. The van der Waals surface area contributed by atoms with Crippen molar-refractivity contribution in [2.45, 2.75) is 64.4 Å². The molecule has 0 amide bonds. The van der Waals surface area contributed by atoms with Gasteiger partial charge in [-0.3, -0.25) is 4.79 Å². The Bertz CT molecular complexity index is 1070. The van der Waals surface area contributed by atoms with Crippen LogP contribution in [0.1, 0.15) is 65.2 Å². The number of hydrogen-bond donors (Lipinski definition) is 0. The third-order valence-electron chi connectivity index (χ3n) is 5.96. The first kappa shape index (κ1) is 23.2. The summed E-state index contributed by atoms with van der Waals surface area (Å²) in [4.78, 5) is 25.0. The maximum absolute atomic E-state index is 12.9. The molecule has 1 aromatic carbocycles. The minimum Gasteiger partial charge on any atom is -0.454 e. The number of hydrogen-bond acceptors (Lipinski definition) is 5. The Morgan fingerprint density at radius 1 is 1.13 bits per heavy atom. The first-order valence-electron chi connectivity index (χ1n) is 10.7. The van der Waals surface area contributed by atoms with Crippen molar-refractivity contribution in [3.8, 4) is 0 Å². The second-order valence-corrected chi connectivity index (χ2v) is 9.90. The zero-order chi connectivity index (χ0) is 22.8. The number of ketones is 1. The highest BCUT2D eigenvalue weighted by Crippen LogP contribution is 2.25. The van der Waals surface area contributed by atoms with Crippen molar-refractivity contribution in [2.24, 2.45) is 0 Å². The van der Waals surface area contributed by atoms with Crippen LogP contribution in [0.4, 0.5) is 0 Å². The topological polar surface area (TPSA) is 85.7 Å². The van der Waals surface area contributed by atoms with E-state index in [9.17, 15) is 18.0 Å². The van der Waals surface area contributed by atoms with E-state index in [1.54, 1.807) is 6.07 Å². The largest absolute Gasteiger partial charge is 0.454 e. The molecule has 1 fully saturated rings. The second kappa shape index (κ2) is 9.36. The van der Waals surface area contributed by atoms with Gasteiger partial charge < -0.3 is 9.30 Å².